The number of aliphatic hydroxyl groups is 1. The van der Waals surface area contributed by atoms with Crippen LogP contribution in [0.5, 0.6) is 0 Å². The number of hydrogen-bond donors (Lipinski definition) is 2. The van der Waals surface area contributed by atoms with Crippen LogP contribution in [-0.2, 0) is 23.4 Å². The van der Waals surface area contributed by atoms with Crippen molar-refractivity contribution in [3.05, 3.63) is 60.3 Å². The van der Waals surface area contributed by atoms with E-state index in [-0.39, 0.29) is 29.5 Å². The SMILES string of the molecule is C=C(CC(C)CC1CC=CC(CC#CC(=O)O)O1)CC(/C=C/CC(O)C(/C=C/C1CC(C)=CCO1)OC)O[Si](C)(C)C(C)(C)C. The maximum Gasteiger partial charge on any atom is 0.381 e. The van der Waals surface area contributed by atoms with Crippen LogP contribution in [0.4, 0.5) is 0 Å². The summed E-state index contributed by atoms with van der Waals surface area (Å²) in [5.41, 5.74) is 2.44. The monoisotopic (exact) mass is 642 g/mol. The minimum absolute atomic E-state index is 0.00635. The van der Waals surface area contributed by atoms with Crippen molar-refractivity contribution in [2.75, 3.05) is 13.7 Å². The van der Waals surface area contributed by atoms with Crippen LogP contribution < -0.4 is 0 Å². The first-order chi connectivity index (χ1) is 21.1. The standard InChI is InChI=1S/C37H58O7Si/c1-27-21-22-42-31(24-27)19-20-35(41-7)34(38)17-11-16-33(44-45(8,9)37(4,5)6)26-29(3)23-28(2)25-32-15-10-13-30(43-32)14-12-18-36(39)40/h10-11,13,16,19-21,28,30-35,38H,3,14-15,17,22-26H2,1-2,4-9H3,(H,39,40)/b16-11+,20-19+. The highest BCUT2D eigenvalue weighted by atomic mass is 28.4. The van der Waals surface area contributed by atoms with Crippen LogP contribution in [0.1, 0.15) is 79.6 Å². The Labute approximate surface area is 273 Å². The summed E-state index contributed by atoms with van der Waals surface area (Å²) >= 11 is 0. The van der Waals surface area contributed by atoms with Gasteiger partial charge in [0.05, 0.1) is 37.1 Å². The smallest absolute Gasteiger partial charge is 0.381 e. The topological polar surface area (TPSA) is 94.5 Å². The molecule has 2 N–H and O–H groups in total. The highest BCUT2D eigenvalue weighted by Crippen LogP contribution is 2.38. The minimum atomic E-state index is -2.06. The van der Waals surface area contributed by atoms with Crippen molar-refractivity contribution in [3.8, 4) is 11.8 Å². The van der Waals surface area contributed by atoms with Gasteiger partial charge in [-0.25, -0.2) is 4.79 Å². The number of carbonyl (C=O) groups is 1. The van der Waals surface area contributed by atoms with Gasteiger partial charge in [-0.3, -0.25) is 0 Å². The predicted octanol–water partition coefficient (Wildman–Crippen LogP) is 7.54. The summed E-state index contributed by atoms with van der Waals surface area (Å²) in [4.78, 5) is 10.7. The summed E-state index contributed by atoms with van der Waals surface area (Å²) in [5.74, 6) is 4.08. The number of methoxy groups -OCH3 is 1. The molecule has 0 spiro atoms. The van der Waals surface area contributed by atoms with Crippen LogP contribution in [0, 0.1) is 17.8 Å². The molecule has 2 heterocycles. The van der Waals surface area contributed by atoms with Gasteiger partial charge in [0, 0.05) is 19.5 Å². The van der Waals surface area contributed by atoms with E-state index in [0.29, 0.717) is 31.8 Å². The van der Waals surface area contributed by atoms with Crippen LogP contribution in [0.25, 0.3) is 0 Å². The Kier molecular flexibility index (Phi) is 16.2. The molecular formula is C37H58O7Si. The minimum Gasteiger partial charge on any atom is -0.472 e. The third-order valence-corrected chi connectivity index (χ3v) is 13.3. The summed E-state index contributed by atoms with van der Waals surface area (Å²) in [5, 5.41) is 19.8. The van der Waals surface area contributed by atoms with Crippen molar-refractivity contribution in [2.24, 2.45) is 5.92 Å². The first-order valence-corrected chi connectivity index (χ1v) is 19.2. The molecule has 7 unspecified atom stereocenters. The van der Waals surface area contributed by atoms with E-state index in [9.17, 15) is 9.90 Å². The zero-order valence-corrected chi connectivity index (χ0v) is 29.9. The van der Waals surface area contributed by atoms with Crippen molar-refractivity contribution in [1.82, 2.24) is 0 Å². The summed E-state index contributed by atoms with van der Waals surface area (Å²) in [6.45, 7) is 20.6. The maximum absolute atomic E-state index is 10.9. The van der Waals surface area contributed by atoms with Gasteiger partial charge in [0.15, 0.2) is 8.32 Å². The molecular weight excluding hydrogens is 584 g/mol. The molecule has 2 rings (SSSR count). The summed E-state index contributed by atoms with van der Waals surface area (Å²) in [6.07, 6.45) is 17.8. The molecule has 7 atom stereocenters. The van der Waals surface area contributed by atoms with Gasteiger partial charge in [0.25, 0.3) is 0 Å². The third kappa shape index (κ3) is 14.8. The average Bonchev–Trinajstić information content (AvgIpc) is 2.92. The Morgan fingerprint density at radius 3 is 2.64 bits per heavy atom. The van der Waals surface area contributed by atoms with Gasteiger partial charge in [0.1, 0.15) is 6.10 Å². The van der Waals surface area contributed by atoms with Crippen LogP contribution in [-0.4, -0.2) is 74.8 Å². The van der Waals surface area contributed by atoms with Crippen molar-refractivity contribution in [2.45, 2.75) is 134 Å². The van der Waals surface area contributed by atoms with Crippen molar-refractivity contribution >= 4 is 14.3 Å². The van der Waals surface area contributed by atoms with Crippen molar-refractivity contribution in [1.29, 1.82) is 0 Å². The van der Waals surface area contributed by atoms with Gasteiger partial charge < -0.3 is 28.8 Å². The predicted molar refractivity (Wildman–Crippen MR) is 184 cm³/mol. The lowest BCUT2D eigenvalue weighted by atomic mass is 9.91. The highest BCUT2D eigenvalue weighted by Gasteiger charge is 2.39. The molecule has 0 amide bonds. The Hall–Kier alpha value is -2.25. The van der Waals surface area contributed by atoms with E-state index in [2.05, 4.69) is 84.4 Å². The summed E-state index contributed by atoms with van der Waals surface area (Å²) < 4.78 is 24.4. The fourth-order valence-electron chi connectivity index (χ4n) is 5.32. The molecule has 0 radical (unpaired) electrons. The first kappa shape index (κ1) is 38.9. The third-order valence-electron chi connectivity index (χ3n) is 8.82. The van der Waals surface area contributed by atoms with E-state index in [0.717, 1.165) is 31.3 Å². The Morgan fingerprint density at radius 2 is 2.00 bits per heavy atom. The second-order valence-corrected chi connectivity index (χ2v) is 18.9. The van der Waals surface area contributed by atoms with E-state index < -0.39 is 26.5 Å². The largest absolute Gasteiger partial charge is 0.472 e. The first-order valence-electron chi connectivity index (χ1n) is 16.3. The number of carboxylic acids is 1. The zero-order chi connectivity index (χ0) is 33.6. The quantitative estimate of drug-likeness (QED) is 0.102. The highest BCUT2D eigenvalue weighted by molar-refractivity contribution is 6.74. The molecule has 0 bridgehead atoms. The summed E-state index contributed by atoms with van der Waals surface area (Å²) in [7, 11) is -0.447. The van der Waals surface area contributed by atoms with Gasteiger partial charge in [0.2, 0.25) is 0 Å². The van der Waals surface area contributed by atoms with Gasteiger partial charge in [-0.05, 0) is 69.5 Å². The van der Waals surface area contributed by atoms with E-state index in [1.54, 1.807) is 7.11 Å². The normalized spacial score (nSPS) is 23.7. The fraction of sp³-hybridized carbons (Fsp3) is 0.649. The number of ether oxygens (including phenoxy) is 3. The molecule has 0 aromatic rings. The Balaban J connectivity index is 1.98. The Bertz CT molecular complexity index is 1130. The van der Waals surface area contributed by atoms with E-state index >= 15 is 0 Å². The van der Waals surface area contributed by atoms with E-state index in [4.69, 9.17) is 23.7 Å². The van der Waals surface area contributed by atoms with Crippen molar-refractivity contribution in [3.63, 3.8) is 0 Å². The molecule has 7 nitrogen and oxygen atoms in total. The molecule has 0 aliphatic carbocycles. The van der Waals surface area contributed by atoms with Crippen LogP contribution in [0.3, 0.4) is 0 Å². The van der Waals surface area contributed by atoms with Crippen LogP contribution in [0.2, 0.25) is 18.1 Å². The van der Waals surface area contributed by atoms with E-state index in [1.165, 1.54) is 5.57 Å². The lowest BCUT2D eigenvalue weighted by molar-refractivity contribution is -0.130. The van der Waals surface area contributed by atoms with Gasteiger partial charge in [-0.2, -0.15) is 0 Å². The van der Waals surface area contributed by atoms with Gasteiger partial charge >= 0.3 is 5.97 Å². The second kappa shape index (κ2) is 18.8. The van der Waals surface area contributed by atoms with Crippen LogP contribution in [0.15, 0.2) is 60.3 Å². The number of aliphatic carboxylic acids is 1. The van der Waals surface area contributed by atoms with Gasteiger partial charge in [-0.1, -0.05) is 93.9 Å². The fourth-order valence-corrected chi connectivity index (χ4v) is 6.59. The number of aliphatic hydroxyl groups excluding tert-OH is 1. The zero-order valence-electron chi connectivity index (χ0n) is 28.9. The Morgan fingerprint density at radius 1 is 1.27 bits per heavy atom. The van der Waals surface area contributed by atoms with Crippen LogP contribution >= 0.6 is 0 Å². The molecule has 2 aliphatic rings. The molecule has 0 saturated heterocycles. The molecule has 252 valence electrons. The lowest BCUT2D eigenvalue weighted by Crippen LogP contribution is -2.43. The number of carboxylic acid groups (broad SMARTS) is 1. The average molecular weight is 643 g/mol. The van der Waals surface area contributed by atoms with Crippen molar-refractivity contribution < 1.29 is 33.6 Å². The molecule has 0 saturated carbocycles. The number of rotatable bonds is 16. The maximum atomic E-state index is 10.9. The second-order valence-electron chi connectivity index (χ2n) is 14.1. The molecule has 8 heteroatoms. The molecule has 2 aliphatic heterocycles. The number of hydrogen-bond acceptors (Lipinski definition) is 6. The molecule has 0 aromatic heterocycles. The molecule has 0 aromatic carbocycles. The van der Waals surface area contributed by atoms with Gasteiger partial charge in [-0.15, -0.1) is 0 Å². The van der Waals surface area contributed by atoms with E-state index in [1.807, 2.05) is 24.3 Å². The molecule has 45 heavy (non-hydrogen) atoms. The molecule has 0 fully saturated rings. The summed E-state index contributed by atoms with van der Waals surface area (Å²) in [6, 6.07) is 0. The lowest BCUT2D eigenvalue weighted by Gasteiger charge is -2.39.